The van der Waals surface area contributed by atoms with Crippen molar-refractivity contribution in [2.75, 3.05) is 11.9 Å². The molecule has 1 N–H and O–H groups in total. The van der Waals surface area contributed by atoms with Gasteiger partial charge in [-0.2, -0.15) is 5.10 Å². The number of aromatic nitrogens is 2. The van der Waals surface area contributed by atoms with Gasteiger partial charge in [0.1, 0.15) is 5.82 Å². The number of hydrogen-bond acceptors (Lipinski definition) is 4. The number of rotatable bonds is 5. The van der Waals surface area contributed by atoms with Crippen molar-refractivity contribution in [3.63, 3.8) is 0 Å². The van der Waals surface area contributed by atoms with Crippen LogP contribution in [0.25, 0.3) is 5.69 Å². The van der Waals surface area contributed by atoms with Gasteiger partial charge in [-0.15, -0.1) is 0 Å². The molecule has 2 aromatic carbocycles. The minimum atomic E-state index is -0.515. The lowest BCUT2D eigenvalue weighted by molar-refractivity contribution is -0.119. The van der Waals surface area contributed by atoms with Gasteiger partial charge in [-0.05, 0) is 50.1 Å². The number of nitrogens with one attached hydrogen (secondary N) is 1. The minimum Gasteiger partial charge on any atom is -0.452 e. The second-order valence-electron chi connectivity index (χ2n) is 6.29. The summed E-state index contributed by atoms with van der Waals surface area (Å²) in [5.74, 6) is -0.420. The summed E-state index contributed by atoms with van der Waals surface area (Å²) in [7, 11) is 0. The molecule has 138 valence electrons. The van der Waals surface area contributed by atoms with Crippen LogP contribution in [0.2, 0.25) is 0 Å². The summed E-state index contributed by atoms with van der Waals surface area (Å²) in [6.07, 6.45) is 0. The normalized spacial score (nSPS) is 10.5. The Balaban J connectivity index is 1.67. The van der Waals surface area contributed by atoms with Crippen molar-refractivity contribution in [2.45, 2.75) is 20.8 Å². The average Bonchev–Trinajstić information content (AvgIpc) is 3.03. The Morgan fingerprint density at radius 1 is 1.04 bits per heavy atom. The Morgan fingerprint density at radius 2 is 1.78 bits per heavy atom. The minimum absolute atomic E-state index is 0.370. The zero-order valence-electron chi connectivity index (χ0n) is 15.5. The lowest BCUT2D eigenvalue weighted by Gasteiger charge is -2.10. The Hall–Kier alpha value is -3.41. The predicted molar refractivity (Wildman–Crippen MR) is 103 cm³/mol. The molecule has 1 amide bonds. The molecule has 6 nitrogen and oxygen atoms in total. The molecule has 0 spiro atoms. The topological polar surface area (TPSA) is 73.2 Å². The summed E-state index contributed by atoms with van der Waals surface area (Å²) in [5.41, 5.74) is 3.90. The Labute approximate surface area is 157 Å². The molecular weight excluding hydrogens is 342 g/mol. The van der Waals surface area contributed by atoms with E-state index in [4.69, 9.17) is 4.74 Å². The number of para-hydroxylation sites is 1. The summed E-state index contributed by atoms with van der Waals surface area (Å²) in [6.45, 7) is 5.25. The largest absolute Gasteiger partial charge is 0.452 e. The highest BCUT2D eigenvalue weighted by molar-refractivity contribution is 5.96. The van der Waals surface area contributed by atoms with Gasteiger partial charge in [-0.25, -0.2) is 9.48 Å². The van der Waals surface area contributed by atoms with Crippen LogP contribution in [0.5, 0.6) is 0 Å². The van der Waals surface area contributed by atoms with E-state index in [1.165, 1.54) is 0 Å². The number of nitrogens with zero attached hydrogens (tertiary/aromatic N) is 2. The molecule has 0 aliphatic carbocycles. The number of amides is 1. The molecule has 1 heterocycles. The van der Waals surface area contributed by atoms with Crippen molar-refractivity contribution in [1.29, 1.82) is 0 Å². The van der Waals surface area contributed by atoms with Crippen LogP contribution in [0.1, 0.15) is 27.2 Å². The maximum absolute atomic E-state index is 12.3. The molecule has 1 aromatic heterocycles. The number of ether oxygens (including phenoxy) is 1. The molecule has 6 heteroatoms. The van der Waals surface area contributed by atoms with Crippen molar-refractivity contribution >= 4 is 17.7 Å². The monoisotopic (exact) mass is 363 g/mol. The number of carbonyl (C=O) groups excluding carboxylic acids is 2. The summed E-state index contributed by atoms with van der Waals surface area (Å²) in [4.78, 5) is 24.5. The van der Waals surface area contributed by atoms with Crippen LogP contribution in [0, 0.1) is 20.8 Å². The molecular formula is C21H21N3O3. The van der Waals surface area contributed by atoms with Crippen molar-refractivity contribution in [1.82, 2.24) is 9.78 Å². The second-order valence-corrected chi connectivity index (χ2v) is 6.29. The number of carbonyl (C=O) groups is 2. The van der Waals surface area contributed by atoms with E-state index < -0.39 is 11.9 Å². The summed E-state index contributed by atoms with van der Waals surface area (Å²) < 4.78 is 6.81. The van der Waals surface area contributed by atoms with E-state index in [0.717, 1.165) is 22.5 Å². The zero-order valence-corrected chi connectivity index (χ0v) is 15.5. The molecule has 0 aliphatic heterocycles. The first-order chi connectivity index (χ1) is 13.0. The first kappa shape index (κ1) is 18.4. The van der Waals surface area contributed by atoms with Crippen molar-refractivity contribution in [2.24, 2.45) is 0 Å². The SMILES string of the molecule is Cc1cc(NC(=O)COC(=O)c2cccc(C)c2C)n(-c2ccccc2)n1. The van der Waals surface area contributed by atoms with Crippen LogP contribution in [0.3, 0.4) is 0 Å². The van der Waals surface area contributed by atoms with Crippen LogP contribution < -0.4 is 5.32 Å². The Kier molecular flexibility index (Phi) is 5.35. The van der Waals surface area contributed by atoms with E-state index in [9.17, 15) is 9.59 Å². The van der Waals surface area contributed by atoms with Gasteiger partial charge >= 0.3 is 5.97 Å². The molecule has 0 saturated heterocycles. The molecule has 0 saturated carbocycles. The van der Waals surface area contributed by atoms with Crippen molar-refractivity contribution < 1.29 is 14.3 Å². The van der Waals surface area contributed by atoms with E-state index in [0.29, 0.717) is 11.4 Å². The molecule has 0 bridgehead atoms. The number of aryl methyl sites for hydroxylation is 2. The quantitative estimate of drug-likeness (QED) is 0.703. The first-order valence-electron chi connectivity index (χ1n) is 8.61. The van der Waals surface area contributed by atoms with Gasteiger partial charge in [0, 0.05) is 6.07 Å². The molecule has 0 radical (unpaired) electrons. The molecule has 3 aromatic rings. The fourth-order valence-corrected chi connectivity index (χ4v) is 2.71. The van der Waals surface area contributed by atoms with Gasteiger partial charge in [0.15, 0.2) is 6.61 Å². The highest BCUT2D eigenvalue weighted by atomic mass is 16.5. The number of benzene rings is 2. The van der Waals surface area contributed by atoms with Gasteiger partial charge in [0.05, 0.1) is 16.9 Å². The molecule has 0 unspecified atom stereocenters. The van der Waals surface area contributed by atoms with E-state index >= 15 is 0 Å². The van der Waals surface area contributed by atoms with Crippen LogP contribution in [-0.4, -0.2) is 28.3 Å². The Morgan fingerprint density at radius 3 is 2.52 bits per heavy atom. The summed E-state index contributed by atoms with van der Waals surface area (Å²) >= 11 is 0. The van der Waals surface area contributed by atoms with Gasteiger partial charge in [-0.1, -0.05) is 30.3 Å². The third-order valence-corrected chi connectivity index (χ3v) is 4.26. The van der Waals surface area contributed by atoms with Gasteiger partial charge in [-0.3, -0.25) is 4.79 Å². The number of esters is 1. The third kappa shape index (κ3) is 4.23. The van der Waals surface area contributed by atoms with E-state index in [1.807, 2.05) is 57.2 Å². The standard InChI is InChI=1S/C21H21N3O3/c1-14-8-7-11-18(16(14)3)21(26)27-13-20(25)22-19-12-15(2)23-24(19)17-9-5-4-6-10-17/h4-12H,13H2,1-3H3,(H,22,25). The molecule has 3 rings (SSSR count). The highest BCUT2D eigenvalue weighted by Crippen LogP contribution is 2.17. The molecule has 0 fully saturated rings. The molecule has 0 atom stereocenters. The Bertz CT molecular complexity index is 978. The fourth-order valence-electron chi connectivity index (χ4n) is 2.71. The maximum atomic E-state index is 12.3. The smallest absolute Gasteiger partial charge is 0.338 e. The summed E-state index contributed by atoms with van der Waals surface area (Å²) in [5, 5.41) is 7.14. The highest BCUT2D eigenvalue weighted by Gasteiger charge is 2.15. The number of hydrogen-bond donors (Lipinski definition) is 1. The van der Waals surface area contributed by atoms with E-state index in [-0.39, 0.29) is 6.61 Å². The molecule has 0 aliphatic rings. The maximum Gasteiger partial charge on any atom is 0.338 e. The predicted octanol–water partition coefficient (Wildman–Crippen LogP) is 3.59. The van der Waals surface area contributed by atoms with Crippen LogP contribution in [0.15, 0.2) is 54.6 Å². The van der Waals surface area contributed by atoms with Crippen molar-refractivity contribution in [3.05, 3.63) is 77.0 Å². The summed E-state index contributed by atoms with van der Waals surface area (Å²) in [6, 6.07) is 16.6. The molecule has 27 heavy (non-hydrogen) atoms. The van der Waals surface area contributed by atoms with E-state index in [1.54, 1.807) is 22.9 Å². The van der Waals surface area contributed by atoms with Crippen molar-refractivity contribution in [3.8, 4) is 5.69 Å². The van der Waals surface area contributed by atoms with Crippen LogP contribution in [-0.2, 0) is 9.53 Å². The lowest BCUT2D eigenvalue weighted by atomic mass is 10.0. The fraction of sp³-hybridized carbons (Fsp3) is 0.190. The first-order valence-corrected chi connectivity index (χ1v) is 8.61. The van der Waals surface area contributed by atoms with Gasteiger partial charge in [0.2, 0.25) is 0 Å². The van der Waals surface area contributed by atoms with Gasteiger partial charge in [0.25, 0.3) is 5.91 Å². The van der Waals surface area contributed by atoms with Crippen LogP contribution >= 0.6 is 0 Å². The van der Waals surface area contributed by atoms with Crippen LogP contribution in [0.4, 0.5) is 5.82 Å². The number of anilines is 1. The zero-order chi connectivity index (χ0) is 19.4. The lowest BCUT2D eigenvalue weighted by Crippen LogP contribution is -2.22. The third-order valence-electron chi connectivity index (χ3n) is 4.26. The second kappa shape index (κ2) is 7.86. The van der Waals surface area contributed by atoms with E-state index in [2.05, 4.69) is 10.4 Å². The average molecular weight is 363 g/mol. The van der Waals surface area contributed by atoms with Gasteiger partial charge < -0.3 is 10.1 Å².